The Kier molecular flexibility index (Phi) is 4.38. The van der Waals surface area contributed by atoms with Crippen LogP contribution in [0.15, 0.2) is 22.7 Å². The van der Waals surface area contributed by atoms with E-state index in [4.69, 9.17) is 11.6 Å². The van der Waals surface area contributed by atoms with Gasteiger partial charge in [-0.25, -0.2) is 0 Å². The molecule has 0 saturated carbocycles. The molecule has 0 saturated heterocycles. The highest BCUT2D eigenvalue weighted by Gasteiger charge is 2.33. The van der Waals surface area contributed by atoms with E-state index in [9.17, 15) is 18.0 Å². The summed E-state index contributed by atoms with van der Waals surface area (Å²) in [5.74, 6) is -0.727. The van der Waals surface area contributed by atoms with Crippen LogP contribution < -0.4 is 0 Å². The predicted molar refractivity (Wildman–Crippen MR) is 58.6 cm³/mol. The molecule has 0 radical (unpaired) electrons. The molecule has 6 heteroatoms. The van der Waals surface area contributed by atoms with Crippen LogP contribution in [0.25, 0.3) is 0 Å². The van der Waals surface area contributed by atoms with Gasteiger partial charge >= 0.3 is 6.18 Å². The number of Topliss-reactive ketones (excluding diaryl/α,β-unsaturated/α-hetero) is 1. The first-order chi connectivity index (χ1) is 7.34. The molecule has 0 aliphatic heterocycles. The van der Waals surface area contributed by atoms with Crippen LogP contribution in [0.1, 0.15) is 11.1 Å². The Morgan fingerprint density at radius 1 is 1.38 bits per heavy atom. The number of alkyl halides is 4. The molecule has 1 rings (SSSR count). The number of halogens is 5. The number of hydrogen-bond acceptors (Lipinski definition) is 1. The molecule has 0 unspecified atom stereocenters. The van der Waals surface area contributed by atoms with E-state index >= 15 is 0 Å². The van der Waals surface area contributed by atoms with Gasteiger partial charge in [-0.2, -0.15) is 13.2 Å². The molecular weight excluding hydrogens is 308 g/mol. The summed E-state index contributed by atoms with van der Waals surface area (Å²) >= 11 is 8.33. The molecule has 1 nitrogen and oxygen atoms in total. The standard InChI is InChI=1S/C10H7BrClF3O/c11-7-1-2-9(10(13,14)15)6(3-7)4-8(16)5-12/h1-3H,4-5H2. The molecule has 0 N–H and O–H groups in total. The van der Waals surface area contributed by atoms with Crippen LogP contribution in [-0.4, -0.2) is 11.7 Å². The fraction of sp³-hybridized carbons (Fsp3) is 0.300. The van der Waals surface area contributed by atoms with Crippen molar-refractivity contribution in [2.45, 2.75) is 12.6 Å². The second-order valence-electron chi connectivity index (χ2n) is 3.15. The zero-order valence-corrected chi connectivity index (χ0v) is 10.3. The van der Waals surface area contributed by atoms with Crippen molar-refractivity contribution < 1.29 is 18.0 Å². The Labute approximate surface area is 104 Å². The van der Waals surface area contributed by atoms with E-state index in [1.807, 2.05) is 0 Å². The number of hydrogen-bond donors (Lipinski definition) is 0. The number of benzene rings is 1. The summed E-state index contributed by atoms with van der Waals surface area (Å²) in [6, 6.07) is 3.52. The highest BCUT2D eigenvalue weighted by atomic mass is 79.9. The lowest BCUT2D eigenvalue weighted by molar-refractivity contribution is -0.138. The van der Waals surface area contributed by atoms with Crippen molar-refractivity contribution in [3.63, 3.8) is 0 Å². The summed E-state index contributed by atoms with van der Waals surface area (Å²) in [6.45, 7) is 0. The molecule has 1 aromatic rings. The summed E-state index contributed by atoms with van der Waals surface area (Å²) in [7, 11) is 0. The number of carbonyl (C=O) groups excluding carboxylic acids is 1. The summed E-state index contributed by atoms with van der Waals surface area (Å²) in [5.41, 5.74) is -0.860. The zero-order chi connectivity index (χ0) is 12.3. The van der Waals surface area contributed by atoms with Crippen LogP contribution >= 0.6 is 27.5 Å². The van der Waals surface area contributed by atoms with Crippen LogP contribution in [0.5, 0.6) is 0 Å². The Hall–Kier alpha value is -0.550. The van der Waals surface area contributed by atoms with Crippen LogP contribution in [0, 0.1) is 0 Å². The van der Waals surface area contributed by atoms with Crippen molar-refractivity contribution in [1.29, 1.82) is 0 Å². The summed E-state index contributed by atoms with van der Waals surface area (Å²) in [5, 5.41) is 0. The summed E-state index contributed by atoms with van der Waals surface area (Å²) < 4.78 is 38.2. The SMILES string of the molecule is O=C(CCl)Cc1cc(Br)ccc1C(F)(F)F. The van der Waals surface area contributed by atoms with Crippen molar-refractivity contribution in [1.82, 2.24) is 0 Å². The summed E-state index contributed by atoms with van der Waals surface area (Å²) in [6.07, 6.45) is -4.76. The van der Waals surface area contributed by atoms with Crippen molar-refractivity contribution in [2.75, 3.05) is 5.88 Å². The molecule has 16 heavy (non-hydrogen) atoms. The number of carbonyl (C=O) groups is 1. The Morgan fingerprint density at radius 3 is 2.50 bits per heavy atom. The van der Waals surface area contributed by atoms with Crippen LogP contribution in [0.4, 0.5) is 13.2 Å². The first kappa shape index (κ1) is 13.5. The summed E-state index contributed by atoms with van der Waals surface area (Å²) in [4.78, 5) is 11.1. The van der Waals surface area contributed by atoms with Gasteiger partial charge in [0.2, 0.25) is 0 Å². The van der Waals surface area contributed by atoms with Crippen LogP contribution in [-0.2, 0) is 17.4 Å². The fourth-order valence-electron chi connectivity index (χ4n) is 1.24. The highest BCUT2D eigenvalue weighted by Crippen LogP contribution is 2.33. The highest BCUT2D eigenvalue weighted by molar-refractivity contribution is 9.10. The van der Waals surface area contributed by atoms with Gasteiger partial charge in [-0.3, -0.25) is 4.79 Å². The van der Waals surface area contributed by atoms with Gasteiger partial charge in [-0.15, -0.1) is 11.6 Å². The van der Waals surface area contributed by atoms with Gasteiger partial charge < -0.3 is 0 Å². The molecule has 0 atom stereocenters. The largest absolute Gasteiger partial charge is 0.416 e. The van der Waals surface area contributed by atoms with Gasteiger partial charge in [-0.05, 0) is 23.8 Å². The average Bonchev–Trinajstić information content (AvgIpc) is 2.15. The quantitative estimate of drug-likeness (QED) is 0.775. The van der Waals surface area contributed by atoms with Crippen molar-refractivity contribution in [2.24, 2.45) is 0 Å². The number of rotatable bonds is 3. The Morgan fingerprint density at radius 2 is 2.00 bits per heavy atom. The van der Waals surface area contributed by atoms with E-state index in [-0.39, 0.29) is 17.9 Å². The second-order valence-corrected chi connectivity index (χ2v) is 4.33. The number of ketones is 1. The van der Waals surface area contributed by atoms with Crippen molar-refractivity contribution in [3.05, 3.63) is 33.8 Å². The Balaban J connectivity index is 3.13. The van der Waals surface area contributed by atoms with E-state index < -0.39 is 17.5 Å². The van der Waals surface area contributed by atoms with E-state index in [0.717, 1.165) is 6.07 Å². The maximum absolute atomic E-state index is 12.6. The Bertz CT molecular complexity index is 404. The van der Waals surface area contributed by atoms with E-state index in [0.29, 0.717) is 4.47 Å². The topological polar surface area (TPSA) is 17.1 Å². The average molecular weight is 316 g/mol. The molecule has 0 aliphatic rings. The van der Waals surface area contributed by atoms with E-state index in [1.165, 1.54) is 12.1 Å². The minimum atomic E-state index is -4.46. The normalized spacial score (nSPS) is 11.6. The van der Waals surface area contributed by atoms with Crippen molar-refractivity contribution >= 4 is 33.3 Å². The molecule has 88 valence electrons. The molecule has 0 heterocycles. The van der Waals surface area contributed by atoms with Gasteiger partial charge in [-0.1, -0.05) is 15.9 Å². The van der Waals surface area contributed by atoms with Gasteiger partial charge in [0.05, 0.1) is 11.4 Å². The molecule has 0 aliphatic carbocycles. The lowest BCUT2D eigenvalue weighted by atomic mass is 10.0. The molecule has 0 amide bonds. The monoisotopic (exact) mass is 314 g/mol. The van der Waals surface area contributed by atoms with E-state index in [2.05, 4.69) is 15.9 Å². The lowest BCUT2D eigenvalue weighted by Gasteiger charge is -2.12. The second kappa shape index (κ2) is 5.19. The molecule has 0 spiro atoms. The van der Waals surface area contributed by atoms with Crippen molar-refractivity contribution in [3.8, 4) is 0 Å². The molecule has 0 bridgehead atoms. The smallest absolute Gasteiger partial charge is 0.298 e. The van der Waals surface area contributed by atoms with Gasteiger partial charge in [0, 0.05) is 10.9 Å². The zero-order valence-electron chi connectivity index (χ0n) is 7.94. The maximum Gasteiger partial charge on any atom is 0.416 e. The molecule has 0 aromatic heterocycles. The minimum absolute atomic E-state index is 0.0625. The molecule has 1 aromatic carbocycles. The van der Waals surface area contributed by atoms with Gasteiger partial charge in [0.1, 0.15) is 0 Å². The predicted octanol–water partition coefficient (Wildman–Crippen LogP) is 3.82. The first-order valence-electron chi connectivity index (χ1n) is 4.28. The minimum Gasteiger partial charge on any atom is -0.298 e. The maximum atomic E-state index is 12.6. The van der Waals surface area contributed by atoms with Crippen LogP contribution in [0.2, 0.25) is 0 Å². The fourth-order valence-corrected chi connectivity index (χ4v) is 1.75. The van der Waals surface area contributed by atoms with Crippen LogP contribution in [0.3, 0.4) is 0 Å². The third kappa shape index (κ3) is 3.49. The third-order valence-electron chi connectivity index (χ3n) is 1.91. The third-order valence-corrected chi connectivity index (χ3v) is 2.70. The van der Waals surface area contributed by atoms with Gasteiger partial charge in [0.15, 0.2) is 5.78 Å². The van der Waals surface area contributed by atoms with E-state index in [1.54, 1.807) is 0 Å². The van der Waals surface area contributed by atoms with Gasteiger partial charge in [0.25, 0.3) is 0 Å². The molecular formula is C10H7BrClF3O. The lowest BCUT2D eigenvalue weighted by Crippen LogP contribution is -2.13. The molecule has 0 fully saturated rings. The first-order valence-corrected chi connectivity index (χ1v) is 5.60.